The quantitative estimate of drug-likeness (QED) is 0.664. The maximum absolute atomic E-state index is 12.8. The maximum Gasteiger partial charge on any atom is 0.328 e. The molecule has 0 fully saturated rings. The van der Waals surface area contributed by atoms with Crippen LogP contribution in [-0.4, -0.2) is 32.1 Å². The molecule has 0 saturated heterocycles. The SMILES string of the molecule is CNC(C)(CC(=O)NC(Cc1ccc(Cl)cc1)C(=O)OC)c1ccccc1C. The molecule has 1 amide bonds. The minimum atomic E-state index is -0.767. The molecule has 2 aromatic carbocycles. The molecule has 0 bridgehead atoms. The molecular weight excluding hydrogens is 376 g/mol. The van der Waals surface area contributed by atoms with Crippen LogP contribution in [0.4, 0.5) is 0 Å². The lowest BCUT2D eigenvalue weighted by Gasteiger charge is -2.31. The number of benzene rings is 2. The molecule has 0 spiro atoms. The van der Waals surface area contributed by atoms with Crippen LogP contribution in [0, 0.1) is 6.92 Å². The van der Waals surface area contributed by atoms with Gasteiger partial charge in [-0.3, -0.25) is 4.79 Å². The second kappa shape index (κ2) is 9.71. The summed E-state index contributed by atoms with van der Waals surface area (Å²) in [5.74, 6) is -0.713. The van der Waals surface area contributed by atoms with Crippen molar-refractivity contribution in [2.24, 2.45) is 0 Å². The first-order valence-corrected chi connectivity index (χ1v) is 9.53. The van der Waals surface area contributed by atoms with Gasteiger partial charge in [0.1, 0.15) is 6.04 Å². The van der Waals surface area contributed by atoms with Gasteiger partial charge in [0.2, 0.25) is 5.91 Å². The zero-order valence-electron chi connectivity index (χ0n) is 16.7. The summed E-state index contributed by atoms with van der Waals surface area (Å²) in [6.07, 6.45) is 0.513. The third-order valence-electron chi connectivity index (χ3n) is 4.98. The van der Waals surface area contributed by atoms with Crippen molar-refractivity contribution in [1.29, 1.82) is 0 Å². The van der Waals surface area contributed by atoms with E-state index in [4.69, 9.17) is 16.3 Å². The van der Waals surface area contributed by atoms with Gasteiger partial charge in [-0.1, -0.05) is 48.0 Å². The number of carbonyl (C=O) groups is 2. The van der Waals surface area contributed by atoms with Crippen molar-refractivity contribution >= 4 is 23.5 Å². The fourth-order valence-corrected chi connectivity index (χ4v) is 3.39. The van der Waals surface area contributed by atoms with Crippen LogP contribution in [0.5, 0.6) is 0 Å². The molecule has 0 aliphatic heterocycles. The highest BCUT2D eigenvalue weighted by molar-refractivity contribution is 6.30. The van der Waals surface area contributed by atoms with E-state index in [0.717, 1.165) is 16.7 Å². The molecule has 0 radical (unpaired) electrons. The van der Waals surface area contributed by atoms with Crippen LogP contribution in [0.15, 0.2) is 48.5 Å². The number of aryl methyl sites for hydroxylation is 1. The Morgan fingerprint density at radius 2 is 1.79 bits per heavy atom. The lowest BCUT2D eigenvalue weighted by atomic mass is 9.85. The lowest BCUT2D eigenvalue weighted by Crippen LogP contribution is -2.48. The second-order valence-corrected chi connectivity index (χ2v) is 7.48. The van der Waals surface area contributed by atoms with Gasteiger partial charge in [-0.25, -0.2) is 4.79 Å². The number of rotatable bonds is 8. The van der Waals surface area contributed by atoms with E-state index >= 15 is 0 Å². The molecule has 0 aromatic heterocycles. The molecule has 6 heteroatoms. The minimum absolute atomic E-state index is 0.183. The number of hydrogen-bond donors (Lipinski definition) is 2. The highest BCUT2D eigenvalue weighted by atomic mass is 35.5. The Kier molecular flexibility index (Phi) is 7.61. The Morgan fingerprint density at radius 3 is 2.36 bits per heavy atom. The van der Waals surface area contributed by atoms with Crippen LogP contribution in [0.1, 0.15) is 30.0 Å². The van der Waals surface area contributed by atoms with E-state index in [1.807, 2.05) is 57.3 Å². The fourth-order valence-electron chi connectivity index (χ4n) is 3.27. The van der Waals surface area contributed by atoms with Gasteiger partial charge in [0.05, 0.1) is 7.11 Å². The largest absolute Gasteiger partial charge is 0.467 e. The molecule has 0 aliphatic carbocycles. The Hall–Kier alpha value is -2.37. The molecule has 2 unspecified atom stereocenters. The first-order chi connectivity index (χ1) is 13.3. The highest BCUT2D eigenvalue weighted by Crippen LogP contribution is 2.27. The molecule has 150 valence electrons. The molecule has 2 rings (SSSR count). The number of nitrogens with one attached hydrogen (secondary N) is 2. The molecular formula is C22H27ClN2O3. The van der Waals surface area contributed by atoms with E-state index in [1.54, 1.807) is 12.1 Å². The Labute approximate surface area is 171 Å². The minimum Gasteiger partial charge on any atom is -0.467 e. The molecule has 28 heavy (non-hydrogen) atoms. The van der Waals surface area contributed by atoms with E-state index < -0.39 is 17.6 Å². The van der Waals surface area contributed by atoms with E-state index in [0.29, 0.717) is 11.4 Å². The van der Waals surface area contributed by atoms with Crippen LogP contribution >= 0.6 is 11.6 Å². The topological polar surface area (TPSA) is 67.4 Å². The standard InChI is InChI=1S/C22H27ClN2O3/c1-15-7-5-6-8-18(15)22(2,24-3)14-20(26)25-19(21(27)28-4)13-16-9-11-17(23)12-10-16/h5-12,19,24H,13-14H2,1-4H3,(H,25,26). The van der Waals surface area contributed by atoms with E-state index in [2.05, 4.69) is 10.6 Å². The average Bonchev–Trinajstić information content (AvgIpc) is 2.68. The monoisotopic (exact) mass is 402 g/mol. The lowest BCUT2D eigenvalue weighted by molar-refractivity contribution is -0.145. The van der Waals surface area contributed by atoms with Crippen LogP contribution < -0.4 is 10.6 Å². The Balaban J connectivity index is 2.14. The predicted octanol–water partition coefficient (Wildman–Crippen LogP) is 3.37. The first-order valence-electron chi connectivity index (χ1n) is 9.15. The number of methoxy groups -OCH3 is 1. The van der Waals surface area contributed by atoms with Gasteiger partial charge in [0, 0.05) is 23.4 Å². The summed E-state index contributed by atoms with van der Waals surface area (Å²) in [5.41, 5.74) is 2.46. The van der Waals surface area contributed by atoms with Gasteiger partial charge in [0.25, 0.3) is 0 Å². The van der Waals surface area contributed by atoms with Crippen molar-refractivity contribution in [3.8, 4) is 0 Å². The van der Waals surface area contributed by atoms with Crippen LogP contribution in [0.25, 0.3) is 0 Å². The van der Waals surface area contributed by atoms with Gasteiger partial charge in [-0.2, -0.15) is 0 Å². The first kappa shape index (κ1) is 21.9. The van der Waals surface area contributed by atoms with Crippen LogP contribution in [0.3, 0.4) is 0 Å². The summed E-state index contributed by atoms with van der Waals surface area (Å²) in [5, 5.41) is 6.69. The molecule has 0 heterocycles. The molecule has 0 aliphatic rings. The highest BCUT2D eigenvalue weighted by Gasteiger charge is 2.31. The Bertz CT molecular complexity index is 823. The predicted molar refractivity (Wildman–Crippen MR) is 111 cm³/mol. The molecule has 2 aromatic rings. The van der Waals surface area contributed by atoms with E-state index in [-0.39, 0.29) is 12.3 Å². The van der Waals surface area contributed by atoms with E-state index in [1.165, 1.54) is 7.11 Å². The van der Waals surface area contributed by atoms with Crippen molar-refractivity contribution in [2.75, 3.05) is 14.2 Å². The summed E-state index contributed by atoms with van der Waals surface area (Å²) in [4.78, 5) is 25.0. The van der Waals surface area contributed by atoms with Gasteiger partial charge in [-0.15, -0.1) is 0 Å². The average molecular weight is 403 g/mol. The van der Waals surface area contributed by atoms with Gasteiger partial charge in [-0.05, 0) is 49.7 Å². The van der Waals surface area contributed by atoms with Crippen LogP contribution in [0.2, 0.25) is 5.02 Å². The van der Waals surface area contributed by atoms with Crippen molar-refractivity contribution < 1.29 is 14.3 Å². The van der Waals surface area contributed by atoms with Crippen molar-refractivity contribution in [3.63, 3.8) is 0 Å². The Morgan fingerprint density at radius 1 is 1.14 bits per heavy atom. The summed E-state index contributed by atoms with van der Waals surface area (Å²) < 4.78 is 4.87. The van der Waals surface area contributed by atoms with Crippen LogP contribution in [-0.2, 0) is 26.3 Å². The second-order valence-electron chi connectivity index (χ2n) is 7.05. The summed E-state index contributed by atoms with van der Waals surface area (Å²) in [7, 11) is 3.14. The molecule has 5 nitrogen and oxygen atoms in total. The number of hydrogen-bond acceptors (Lipinski definition) is 4. The van der Waals surface area contributed by atoms with E-state index in [9.17, 15) is 9.59 Å². The van der Waals surface area contributed by atoms with Gasteiger partial charge < -0.3 is 15.4 Å². The summed E-state index contributed by atoms with van der Waals surface area (Å²) in [6.45, 7) is 3.99. The number of ether oxygens (including phenoxy) is 1. The van der Waals surface area contributed by atoms with Crippen molar-refractivity contribution in [1.82, 2.24) is 10.6 Å². The zero-order chi connectivity index (χ0) is 20.7. The fraction of sp³-hybridized carbons (Fsp3) is 0.364. The zero-order valence-corrected chi connectivity index (χ0v) is 17.5. The number of carbonyl (C=O) groups excluding carboxylic acids is 2. The van der Waals surface area contributed by atoms with Crippen molar-refractivity contribution in [2.45, 2.75) is 38.3 Å². The molecule has 2 atom stereocenters. The normalized spacial score (nSPS) is 14.0. The summed E-state index contributed by atoms with van der Waals surface area (Å²) >= 11 is 5.91. The maximum atomic E-state index is 12.8. The number of esters is 1. The summed E-state index contributed by atoms with van der Waals surface area (Å²) in [6, 6.07) is 14.3. The third-order valence-corrected chi connectivity index (χ3v) is 5.23. The smallest absolute Gasteiger partial charge is 0.328 e. The molecule has 2 N–H and O–H groups in total. The van der Waals surface area contributed by atoms with Crippen molar-refractivity contribution in [3.05, 3.63) is 70.2 Å². The number of halogens is 1. The van der Waals surface area contributed by atoms with Gasteiger partial charge in [0.15, 0.2) is 0 Å². The molecule has 0 saturated carbocycles. The number of amides is 1. The third kappa shape index (κ3) is 5.57. The van der Waals surface area contributed by atoms with Gasteiger partial charge >= 0.3 is 5.97 Å².